The van der Waals surface area contributed by atoms with E-state index in [1.54, 1.807) is 0 Å². The molecule has 1 atom stereocenters. The van der Waals surface area contributed by atoms with Crippen molar-refractivity contribution in [3.63, 3.8) is 0 Å². The van der Waals surface area contributed by atoms with Crippen LogP contribution in [0.3, 0.4) is 0 Å². The first-order chi connectivity index (χ1) is 12.2. The Labute approximate surface area is 162 Å². The Morgan fingerprint density at radius 3 is 2.80 bits per heavy atom. The van der Waals surface area contributed by atoms with Crippen LogP contribution in [-0.4, -0.2) is 33.8 Å². The van der Waals surface area contributed by atoms with Gasteiger partial charge in [0.1, 0.15) is 12.4 Å². The van der Waals surface area contributed by atoms with E-state index in [1.807, 2.05) is 54.6 Å². The molecule has 0 fully saturated rings. The third kappa shape index (κ3) is 6.00. The minimum absolute atomic E-state index is 0.234. The Bertz CT molecular complexity index is 801. The molecular formula is C17H16BrN3O2S2. The number of aromatic nitrogens is 2. The van der Waals surface area contributed by atoms with E-state index < -0.39 is 6.10 Å². The summed E-state index contributed by atoms with van der Waals surface area (Å²) in [4.78, 5) is 0. The molecule has 2 N–H and O–H groups in total. The van der Waals surface area contributed by atoms with Gasteiger partial charge in [0, 0.05) is 15.9 Å². The fourth-order valence-electron chi connectivity index (χ4n) is 1.93. The molecule has 0 spiro atoms. The van der Waals surface area contributed by atoms with Gasteiger partial charge in [0.05, 0.1) is 6.10 Å². The fraction of sp³-hybridized carbons (Fsp3) is 0.176. The van der Waals surface area contributed by atoms with E-state index in [-0.39, 0.29) is 6.61 Å². The molecule has 3 rings (SSSR count). The lowest BCUT2D eigenvalue weighted by molar-refractivity contribution is 0.126. The monoisotopic (exact) mass is 437 g/mol. The molecule has 0 amide bonds. The molecule has 0 saturated carbocycles. The molecule has 5 nitrogen and oxygen atoms in total. The van der Waals surface area contributed by atoms with E-state index >= 15 is 0 Å². The van der Waals surface area contributed by atoms with Crippen LogP contribution in [0.25, 0.3) is 0 Å². The second kappa shape index (κ2) is 9.19. The van der Waals surface area contributed by atoms with Crippen molar-refractivity contribution >= 4 is 49.8 Å². The van der Waals surface area contributed by atoms with Crippen molar-refractivity contribution in [2.45, 2.75) is 10.4 Å². The van der Waals surface area contributed by atoms with Crippen LogP contribution in [-0.2, 0) is 0 Å². The van der Waals surface area contributed by atoms with Crippen molar-refractivity contribution in [3.8, 4) is 5.75 Å². The normalized spacial score (nSPS) is 11.9. The van der Waals surface area contributed by atoms with Crippen molar-refractivity contribution in [1.29, 1.82) is 0 Å². The third-order valence-electron chi connectivity index (χ3n) is 3.07. The Morgan fingerprint density at radius 1 is 1.16 bits per heavy atom. The Kier molecular flexibility index (Phi) is 6.69. The number of halogens is 1. The minimum atomic E-state index is -0.585. The summed E-state index contributed by atoms with van der Waals surface area (Å²) in [5.41, 5.74) is 0.970. The smallest absolute Gasteiger partial charge is 0.210 e. The number of aliphatic hydroxyl groups is 1. The van der Waals surface area contributed by atoms with Gasteiger partial charge in [0.15, 0.2) is 4.34 Å². The van der Waals surface area contributed by atoms with Gasteiger partial charge in [-0.15, -0.1) is 10.2 Å². The number of anilines is 2. The predicted octanol–water partition coefficient (Wildman–Crippen LogP) is 4.58. The molecule has 0 aliphatic heterocycles. The quantitative estimate of drug-likeness (QED) is 0.502. The van der Waals surface area contributed by atoms with E-state index in [0.29, 0.717) is 5.75 Å². The Morgan fingerprint density at radius 2 is 2.00 bits per heavy atom. The highest BCUT2D eigenvalue weighted by Gasteiger charge is 2.10. The lowest BCUT2D eigenvalue weighted by Crippen LogP contribution is -2.20. The molecule has 3 aromatic rings. The van der Waals surface area contributed by atoms with Gasteiger partial charge < -0.3 is 15.2 Å². The number of nitrogens with zero attached hydrogens (tertiary/aromatic N) is 2. The van der Waals surface area contributed by atoms with Crippen LogP contribution in [0.15, 0.2) is 63.4 Å². The van der Waals surface area contributed by atoms with E-state index in [2.05, 4.69) is 31.4 Å². The van der Waals surface area contributed by atoms with Gasteiger partial charge in [-0.2, -0.15) is 0 Å². The van der Waals surface area contributed by atoms with Crippen LogP contribution in [0, 0.1) is 0 Å². The Balaban J connectivity index is 1.44. The maximum absolute atomic E-state index is 10.1. The molecule has 130 valence electrons. The molecule has 1 heterocycles. The van der Waals surface area contributed by atoms with Crippen molar-refractivity contribution in [1.82, 2.24) is 10.2 Å². The second-order valence-corrected chi connectivity index (χ2v) is 8.26. The Hall–Kier alpha value is -1.61. The van der Waals surface area contributed by atoms with Crippen LogP contribution >= 0.6 is 39.0 Å². The summed E-state index contributed by atoms with van der Waals surface area (Å²) in [5, 5.41) is 22.2. The average Bonchev–Trinajstić information content (AvgIpc) is 3.06. The molecule has 8 heteroatoms. The summed E-state index contributed by atoms with van der Waals surface area (Å²) < 4.78 is 7.33. The van der Waals surface area contributed by atoms with E-state index in [9.17, 15) is 5.11 Å². The maximum atomic E-state index is 10.1. The molecule has 1 aromatic heterocycles. The minimum Gasteiger partial charge on any atom is -0.491 e. The zero-order valence-electron chi connectivity index (χ0n) is 13.1. The predicted molar refractivity (Wildman–Crippen MR) is 106 cm³/mol. The molecule has 1 unspecified atom stereocenters. The number of nitrogens with one attached hydrogen (secondary N) is 1. The van der Waals surface area contributed by atoms with Crippen molar-refractivity contribution in [2.24, 2.45) is 0 Å². The number of hydrogen-bond donors (Lipinski definition) is 2. The number of thioether (sulfide) groups is 1. The first kappa shape index (κ1) is 18.2. The van der Waals surface area contributed by atoms with E-state index in [4.69, 9.17) is 4.74 Å². The molecule has 2 aromatic carbocycles. The van der Waals surface area contributed by atoms with E-state index in [0.717, 1.165) is 25.4 Å². The van der Waals surface area contributed by atoms with Crippen LogP contribution in [0.2, 0.25) is 0 Å². The zero-order chi connectivity index (χ0) is 17.5. The summed E-state index contributed by atoms with van der Waals surface area (Å²) in [7, 11) is 0. The molecule has 0 saturated heterocycles. The third-order valence-corrected chi connectivity index (χ3v) is 5.68. The lowest BCUT2D eigenvalue weighted by atomic mass is 10.3. The number of benzene rings is 2. The van der Waals surface area contributed by atoms with Gasteiger partial charge in [-0.25, -0.2) is 0 Å². The number of rotatable bonds is 8. The number of ether oxygens (including phenoxy) is 1. The van der Waals surface area contributed by atoms with Crippen LogP contribution < -0.4 is 10.1 Å². The van der Waals surface area contributed by atoms with Crippen LogP contribution in [0.5, 0.6) is 5.75 Å². The summed E-state index contributed by atoms with van der Waals surface area (Å²) >= 11 is 6.31. The summed E-state index contributed by atoms with van der Waals surface area (Å²) in [6.45, 7) is 0.234. The van der Waals surface area contributed by atoms with Gasteiger partial charge >= 0.3 is 0 Å². The maximum Gasteiger partial charge on any atom is 0.210 e. The lowest BCUT2D eigenvalue weighted by Gasteiger charge is -2.11. The standard InChI is InChI=1S/C17H16BrN3O2S2/c18-12-5-4-8-15(9-12)23-10-14(22)11-24-17-21-20-16(25-17)19-13-6-2-1-3-7-13/h1-9,14,22H,10-11H2,(H,19,20). The van der Waals surface area contributed by atoms with Crippen LogP contribution in [0.4, 0.5) is 10.8 Å². The van der Waals surface area contributed by atoms with Gasteiger partial charge in [-0.3, -0.25) is 0 Å². The second-order valence-electron chi connectivity index (χ2n) is 5.10. The first-order valence-corrected chi connectivity index (χ1v) is 10.1. The molecule has 0 aliphatic carbocycles. The van der Waals surface area contributed by atoms with Crippen molar-refractivity contribution in [3.05, 3.63) is 59.1 Å². The molecule has 0 aliphatic rings. The molecule has 25 heavy (non-hydrogen) atoms. The highest BCUT2D eigenvalue weighted by atomic mass is 79.9. The van der Waals surface area contributed by atoms with Gasteiger partial charge in [-0.1, -0.05) is 63.3 Å². The SMILES string of the molecule is OC(COc1cccc(Br)c1)CSc1nnc(Nc2ccccc2)s1. The number of hydrogen-bond acceptors (Lipinski definition) is 7. The first-order valence-electron chi connectivity index (χ1n) is 7.54. The largest absolute Gasteiger partial charge is 0.491 e. The van der Waals surface area contributed by atoms with Gasteiger partial charge in [0.2, 0.25) is 5.13 Å². The molecular weight excluding hydrogens is 422 g/mol. The van der Waals surface area contributed by atoms with Crippen molar-refractivity contribution in [2.75, 3.05) is 17.7 Å². The topological polar surface area (TPSA) is 67.3 Å². The number of aliphatic hydroxyl groups excluding tert-OH is 1. The van der Waals surface area contributed by atoms with Gasteiger partial charge in [0.25, 0.3) is 0 Å². The highest BCUT2D eigenvalue weighted by molar-refractivity contribution is 9.10. The van der Waals surface area contributed by atoms with Gasteiger partial charge in [-0.05, 0) is 30.3 Å². The fourth-order valence-corrected chi connectivity index (χ4v) is 4.01. The summed E-state index contributed by atoms with van der Waals surface area (Å²) in [6, 6.07) is 17.4. The molecule has 0 bridgehead atoms. The summed E-state index contributed by atoms with van der Waals surface area (Å²) in [5.74, 6) is 1.22. The van der Waals surface area contributed by atoms with Crippen LogP contribution in [0.1, 0.15) is 0 Å². The highest BCUT2D eigenvalue weighted by Crippen LogP contribution is 2.28. The zero-order valence-corrected chi connectivity index (χ0v) is 16.4. The van der Waals surface area contributed by atoms with Crippen molar-refractivity contribution < 1.29 is 9.84 Å². The average molecular weight is 438 g/mol. The molecule has 0 radical (unpaired) electrons. The summed E-state index contributed by atoms with van der Waals surface area (Å²) in [6.07, 6.45) is -0.585. The number of para-hydroxylation sites is 1. The van der Waals surface area contributed by atoms with E-state index in [1.165, 1.54) is 23.1 Å².